The summed E-state index contributed by atoms with van der Waals surface area (Å²) in [6, 6.07) is 42.5. The molecule has 0 aliphatic heterocycles. The van der Waals surface area contributed by atoms with Gasteiger partial charge in [-0.15, -0.1) is 0 Å². The molecule has 0 aliphatic rings. The molecule has 0 amide bonds. The number of aromatic amines is 3. The molecule has 0 unspecified atom stereocenters. The van der Waals surface area contributed by atoms with Gasteiger partial charge in [0.1, 0.15) is 0 Å². The maximum Gasteiger partial charge on any atom is 0.0630 e. The molecule has 7 heteroatoms. The third kappa shape index (κ3) is 8.25. The molecular weight excluding hydrogens is 530 g/mol. The molecule has 0 radical (unpaired) electrons. The number of nitrogens with zero attached hydrogens (tertiary/aromatic N) is 4. The molecular formula is C36H33N7. The van der Waals surface area contributed by atoms with Crippen LogP contribution in [-0.2, 0) is 19.6 Å². The minimum Gasteiger partial charge on any atom is -0.357 e. The van der Waals surface area contributed by atoms with Crippen LogP contribution in [-0.4, -0.2) is 38.5 Å². The molecule has 6 rings (SSSR count). The summed E-state index contributed by atoms with van der Waals surface area (Å²) in [5, 5.41) is 0. The van der Waals surface area contributed by atoms with Crippen LogP contribution < -0.4 is 0 Å². The Hall–Kier alpha value is -5.53. The number of hydrogen-bond acceptors (Lipinski definition) is 4. The van der Waals surface area contributed by atoms with Gasteiger partial charge in [0.05, 0.1) is 52.8 Å². The Labute approximate surface area is 251 Å². The molecule has 0 saturated heterocycles. The van der Waals surface area contributed by atoms with Crippen molar-refractivity contribution in [3.63, 3.8) is 0 Å². The molecule has 0 fully saturated rings. The van der Waals surface area contributed by atoms with Crippen molar-refractivity contribution >= 4 is 35.7 Å². The summed E-state index contributed by atoms with van der Waals surface area (Å²) in [4.78, 5) is 26.7. The summed E-state index contributed by atoms with van der Waals surface area (Å²) in [6.45, 7) is 2.20. The molecule has 212 valence electrons. The first-order chi connectivity index (χ1) is 21.2. The van der Waals surface area contributed by atoms with Crippen LogP contribution in [0.3, 0.4) is 0 Å². The Balaban J connectivity index is 1.16. The van der Waals surface area contributed by atoms with Crippen LogP contribution in [0.5, 0.6) is 0 Å². The highest BCUT2D eigenvalue weighted by Gasteiger charge is 2.12. The van der Waals surface area contributed by atoms with Crippen LogP contribution in [0.15, 0.2) is 142 Å². The summed E-state index contributed by atoms with van der Waals surface area (Å²) in [5.74, 6) is 0. The van der Waals surface area contributed by atoms with E-state index < -0.39 is 0 Å². The van der Waals surface area contributed by atoms with E-state index in [0.717, 1.165) is 70.9 Å². The van der Waals surface area contributed by atoms with Gasteiger partial charge in [-0.3, -0.25) is 19.9 Å². The van der Waals surface area contributed by atoms with E-state index in [2.05, 4.69) is 71.2 Å². The van der Waals surface area contributed by atoms with Gasteiger partial charge in [-0.05, 0) is 72.8 Å². The maximum atomic E-state index is 4.58. The van der Waals surface area contributed by atoms with Gasteiger partial charge < -0.3 is 15.0 Å². The monoisotopic (exact) mass is 563 g/mol. The highest BCUT2D eigenvalue weighted by Crippen LogP contribution is 2.16. The van der Waals surface area contributed by atoms with Crippen LogP contribution in [0.4, 0.5) is 17.1 Å². The Bertz CT molecular complexity index is 1580. The molecule has 3 aromatic heterocycles. The fraction of sp³-hybridized carbons (Fsp3) is 0.0833. The summed E-state index contributed by atoms with van der Waals surface area (Å²) >= 11 is 0. The second-order valence-electron chi connectivity index (χ2n) is 10.2. The Morgan fingerprint density at radius 2 is 0.698 bits per heavy atom. The van der Waals surface area contributed by atoms with Crippen molar-refractivity contribution in [1.82, 2.24) is 19.9 Å². The van der Waals surface area contributed by atoms with Crippen molar-refractivity contribution in [2.24, 2.45) is 15.0 Å². The first-order valence-corrected chi connectivity index (χ1v) is 14.3. The minimum absolute atomic E-state index is 0.734. The number of aliphatic imine (C=N–C) groups is 3. The van der Waals surface area contributed by atoms with Gasteiger partial charge in [0, 0.05) is 36.7 Å². The van der Waals surface area contributed by atoms with E-state index in [-0.39, 0.29) is 0 Å². The van der Waals surface area contributed by atoms with Crippen LogP contribution in [0.2, 0.25) is 0 Å². The van der Waals surface area contributed by atoms with Gasteiger partial charge in [0.2, 0.25) is 0 Å². The van der Waals surface area contributed by atoms with Gasteiger partial charge in [-0.1, -0.05) is 54.6 Å². The number of para-hydroxylation sites is 3. The quantitative estimate of drug-likeness (QED) is 0.129. The van der Waals surface area contributed by atoms with E-state index in [9.17, 15) is 0 Å². The van der Waals surface area contributed by atoms with Gasteiger partial charge in [0.15, 0.2) is 0 Å². The van der Waals surface area contributed by atoms with E-state index in [1.165, 1.54) is 0 Å². The zero-order valence-electron chi connectivity index (χ0n) is 23.8. The SMILES string of the molecule is C(=Nc1ccccc1)c1ccc(CN(Cc2ccc(C=Nc3ccccc3)[nH]2)Cc2ccc(C=Nc3ccccc3)[nH]2)[nH]1. The third-order valence-corrected chi connectivity index (χ3v) is 6.82. The first-order valence-electron chi connectivity index (χ1n) is 14.3. The Kier molecular flexibility index (Phi) is 8.93. The standard InChI is InChI=1S/C36H33N7/c1-4-10-28(11-5-1)37-22-31-16-19-34(40-31)25-43(26-35-20-17-32(41-35)23-38-29-12-6-2-7-13-29)27-36-21-18-33(42-36)24-39-30-14-8-3-9-15-30/h1-24,40-42H,25-27H2. The zero-order valence-corrected chi connectivity index (χ0v) is 23.8. The molecule has 0 bridgehead atoms. The smallest absolute Gasteiger partial charge is 0.0630 e. The molecule has 0 aliphatic carbocycles. The third-order valence-electron chi connectivity index (χ3n) is 6.82. The van der Waals surface area contributed by atoms with Crippen molar-refractivity contribution in [1.29, 1.82) is 0 Å². The van der Waals surface area contributed by atoms with Crippen LogP contribution in [0.1, 0.15) is 34.2 Å². The van der Waals surface area contributed by atoms with Gasteiger partial charge in [-0.2, -0.15) is 0 Å². The fourth-order valence-corrected chi connectivity index (χ4v) is 4.74. The van der Waals surface area contributed by atoms with Crippen molar-refractivity contribution in [2.45, 2.75) is 19.6 Å². The molecule has 7 nitrogen and oxygen atoms in total. The maximum absolute atomic E-state index is 4.58. The van der Waals surface area contributed by atoms with Crippen molar-refractivity contribution in [3.8, 4) is 0 Å². The lowest BCUT2D eigenvalue weighted by molar-refractivity contribution is 0.240. The van der Waals surface area contributed by atoms with Gasteiger partial charge in [0.25, 0.3) is 0 Å². The number of benzene rings is 3. The van der Waals surface area contributed by atoms with E-state index in [0.29, 0.717) is 0 Å². The van der Waals surface area contributed by atoms with E-state index in [4.69, 9.17) is 0 Å². The number of hydrogen-bond donors (Lipinski definition) is 3. The molecule has 3 heterocycles. The number of H-pyrrole nitrogens is 3. The van der Waals surface area contributed by atoms with E-state index in [1.54, 1.807) is 0 Å². The normalized spacial score (nSPS) is 11.9. The predicted octanol–water partition coefficient (Wildman–Crippen LogP) is 8.13. The van der Waals surface area contributed by atoms with Gasteiger partial charge in [-0.25, -0.2) is 0 Å². The predicted molar refractivity (Wildman–Crippen MR) is 176 cm³/mol. The molecule has 43 heavy (non-hydrogen) atoms. The molecule has 3 aromatic carbocycles. The summed E-state index contributed by atoms with van der Waals surface area (Å²) in [5.41, 5.74) is 9.04. The average molecular weight is 564 g/mol. The number of aromatic nitrogens is 3. The first kappa shape index (κ1) is 27.6. The fourth-order valence-electron chi connectivity index (χ4n) is 4.74. The summed E-state index contributed by atoms with van der Waals surface area (Å²) in [7, 11) is 0. The zero-order chi connectivity index (χ0) is 29.1. The van der Waals surface area contributed by atoms with Crippen LogP contribution in [0.25, 0.3) is 0 Å². The molecule has 6 aromatic rings. The van der Waals surface area contributed by atoms with E-state index >= 15 is 0 Å². The second-order valence-corrected chi connectivity index (χ2v) is 10.2. The van der Waals surface area contributed by atoms with Crippen LogP contribution >= 0.6 is 0 Å². The summed E-state index contributed by atoms with van der Waals surface area (Å²) in [6.07, 6.45) is 5.61. The highest BCUT2D eigenvalue weighted by molar-refractivity contribution is 5.81. The van der Waals surface area contributed by atoms with Crippen molar-refractivity contribution in [3.05, 3.63) is 162 Å². The molecule has 0 atom stereocenters. The Morgan fingerprint density at radius 1 is 0.395 bits per heavy atom. The summed E-state index contributed by atoms with van der Waals surface area (Å²) < 4.78 is 0. The minimum atomic E-state index is 0.734. The lowest BCUT2D eigenvalue weighted by atomic mass is 10.3. The van der Waals surface area contributed by atoms with Crippen molar-refractivity contribution in [2.75, 3.05) is 0 Å². The second kappa shape index (κ2) is 13.9. The molecule has 0 saturated carbocycles. The van der Waals surface area contributed by atoms with Crippen molar-refractivity contribution < 1.29 is 0 Å². The average Bonchev–Trinajstić information content (AvgIpc) is 3.81. The lowest BCUT2D eigenvalue weighted by Crippen LogP contribution is -2.23. The number of nitrogens with one attached hydrogen (secondary N) is 3. The largest absolute Gasteiger partial charge is 0.357 e. The van der Waals surface area contributed by atoms with E-state index in [1.807, 2.05) is 110 Å². The topological polar surface area (TPSA) is 87.7 Å². The Morgan fingerprint density at radius 3 is 1.00 bits per heavy atom. The molecule has 0 spiro atoms. The number of rotatable bonds is 12. The molecule has 3 N–H and O–H groups in total. The van der Waals surface area contributed by atoms with Crippen LogP contribution in [0, 0.1) is 0 Å². The lowest BCUT2D eigenvalue weighted by Gasteiger charge is -2.20. The highest BCUT2D eigenvalue weighted by atomic mass is 15.1. The van der Waals surface area contributed by atoms with Gasteiger partial charge >= 0.3 is 0 Å².